The molecule has 2 N–H and O–H groups in total. The van der Waals surface area contributed by atoms with Gasteiger partial charge in [-0.15, -0.1) is 0 Å². The highest BCUT2D eigenvalue weighted by Crippen LogP contribution is 2.16. The van der Waals surface area contributed by atoms with Crippen LogP contribution >= 0.6 is 11.3 Å². The van der Waals surface area contributed by atoms with Crippen molar-refractivity contribution in [3.63, 3.8) is 0 Å². The van der Waals surface area contributed by atoms with Gasteiger partial charge in [0, 0.05) is 12.6 Å². The lowest BCUT2D eigenvalue weighted by Gasteiger charge is -2.16. The molecular weight excluding hydrogens is 293 g/mol. The molecule has 21 heavy (non-hydrogen) atoms. The molecule has 6 heteroatoms. The van der Waals surface area contributed by atoms with Gasteiger partial charge in [0.05, 0.1) is 6.10 Å². The minimum Gasteiger partial charge on any atom is -0.481 e. The third-order valence-corrected chi connectivity index (χ3v) is 3.58. The van der Waals surface area contributed by atoms with Crippen molar-refractivity contribution in [3.05, 3.63) is 52.5 Å². The van der Waals surface area contributed by atoms with Crippen LogP contribution in [-0.2, 0) is 4.79 Å². The highest BCUT2D eigenvalue weighted by Gasteiger charge is 2.16. The highest BCUT2D eigenvalue weighted by molar-refractivity contribution is 7.07. The van der Waals surface area contributed by atoms with Crippen molar-refractivity contribution in [1.82, 2.24) is 5.32 Å². The molecular formula is C15H16FNO3S. The van der Waals surface area contributed by atoms with Gasteiger partial charge in [0.25, 0.3) is 5.91 Å². The van der Waals surface area contributed by atoms with Crippen LogP contribution < -0.4 is 10.1 Å². The SMILES string of the molecule is CC(Oc1cccc(F)c1)C(=O)NCC(O)c1ccsc1. The number of nitrogens with one attached hydrogen (secondary N) is 1. The number of carbonyl (C=O) groups excluding carboxylic acids is 1. The number of thiophene rings is 1. The average molecular weight is 309 g/mol. The Morgan fingerprint density at radius 3 is 2.95 bits per heavy atom. The molecule has 1 aromatic heterocycles. The molecule has 0 aliphatic rings. The summed E-state index contributed by atoms with van der Waals surface area (Å²) in [5.74, 6) is -0.502. The van der Waals surface area contributed by atoms with Gasteiger partial charge in [0.15, 0.2) is 6.10 Å². The van der Waals surface area contributed by atoms with E-state index in [-0.39, 0.29) is 18.2 Å². The normalized spacial score (nSPS) is 13.5. The van der Waals surface area contributed by atoms with E-state index in [0.717, 1.165) is 5.56 Å². The van der Waals surface area contributed by atoms with Gasteiger partial charge in [0.1, 0.15) is 11.6 Å². The second kappa shape index (κ2) is 7.19. The Morgan fingerprint density at radius 2 is 2.29 bits per heavy atom. The van der Waals surface area contributed by atoms with E-state index >= 15 is 0 Å². The number of rotatable bonds is 6. The minimum absolute atomic E-state index is 0.104. The van der Waals surface area contributed by atoms with Crippen LogP contribution in [0.1, 0.15) is 18.6 Å². The summed E-state index contributed by atoms with van der Waals surface area (Å²) >= 11 is 1.48. The monoisotopic (exact) mass is 309 g/mol. The summed E-state index contributed by atoms with van der Waals surface area (Å²) in [5, 5.41) is 16.2. The zero-order valence-corrected chi connectivity index (χ0v) is 12.3. The van der Waals surface area contributed by atoms with Crippen LogP contribution in [-0.4, -0.2) is 23.7 Å². The van der Waals surface area contributed by atoms with Crippen LogP contribution in [0.3, 0.4) is 0 Å². The summed E-state index contributed by atoms with van der Waals surface area (Å²) in [7, 11) is 0. The number of aliphatic hydroxyl groups excluding tert-OH is 1. The molecule has 1 amide bonds. The van der Waals surface area contributed by atoms with Gasteiger partial charge in [-0.25, -0.2) is 4.39 Å². The number of aliphatic hydroxyl groups is 1. The first kappa shape index (κ1) is 15.5. The zero-order valence-electron chi connectivity index (χ0n) is 11.5. The van der Waals surface area contributed by atoms with E-state index in [1.807, 2.05) is 10.8 Å². The van der Waals surface area contributed by atoms with Crippen molar-refractivity contribution in [3.8, 4) is 5.75 Å². The molecule has 2 unspecified atom stereocenters. The van der Waals surface area contributed by atoms with E-state index in [9.17, 15) is 14.3 Å². The molecule has 2 aromatic rings. The number of hydrogen-bond donors (Lipinski definition) is 2. The fraction of sp³-hybridized carbons (Fsp3) is 0.267. The smallest absolute Gasteiger partial charge is 0.260 e. The lowest BCUT2D eigenvalue weighted by Crippen LogP contribution is -2.38. The Morgan fingerprint density at radius 1 is 1.48 bits per heavy atom. The molecule has 0 fully saturated rings. The summed E-state index contributed by atoms with van der Waals surface area (Å²) in [6, 6.07) is 7.40. The first-order chi connectivity index (χ1) is 10.1. The first-order valence-corrected chi connectivity index (χ1v) is 7.40. The lowest BCUT2D eigenvalue weighted by atomic mass is 10.2. The zero-order chi connectivity index (χ0) is 15.2. The molecule has 2 atom stereocenters. The number of ether oxygens (including phenoxy) is 1. The fourth-order valence-corrected chi connectivity index (χ4v) is 2.43. The molecule has 0 bridgehead atoms. The van der Waals surface area contributed by atoms with E-state index in [2.05, 4.69) is 5.32 Å². The van der Waals surface area contributed by atoms with Gasteiger partial charge in [-0.05, 0) is 41.4 Å². The summed E-state index contributed by atoms with van der Waals surface area (Å²) < 4.78 is 18.4. The summed E-state index contributed by atoms with van der Waals surface area (Å²) in [5.41, 5.74) is 0.763. The largest absolute Gasteiger partial charge is 0.481 e. The molecule has 1 aromatic carbocycles. The van der Waals surface area contributed by atoms with E-state index in [1.54, 1.807) is 19.1 Å². The predicted octanol–water partition coefficient (Wildman–Crippen LogP) is 2.50. The Labute approximate surface area is 126 Å². The summed E-state index contributed by atoms with van der Waals surface area (Å²) in [4.78, 5) is 11.9. The maximum Gasteiger partial charge on any atom is 0.260 e. The van der Waals surface area contributed by atoms with Crippen LogP contribution in [0.2, 0.25) is 0 Å². The third kappa shape index (κ3) is 4.54. The number of halogens is 1. The Kier molecular flexibility index (Phi) is 5.30. The van der Waals surface area contributed by atoms with Crippen molar-refractivity contribution >= 4 is 17.2 Å². The van der Waals surface area contributed by atoms with Crippen LogP contribution in [0.15, 0.2) is 41.1 Å². The fourth-order valence-electron chi connectivity index (χ4n) is 1.72. The molecule has 4 nitrogen and oxygen atoms in total. The van der Waals surface area contributed by atoms with Crippen molar-refractivity contribution in [2.75, 3.05) is 6.54 Å². The Hall–Kier alpha value is -1.92. The maximum atomic E-state index is 13.0. The van der Waals surface area contributed by atoms with Crippen molar-refractivity contribution in [1.29, 1.82) is 0 Å². The summed E-state index contributed by atoms with van der Waals surface area (Å²) in [6.45, 7) is 1.67. The van der Waals surface area contributed by atoms with E-state index in [1.165, 1.54) is 29.5 Å². The highest BCUT2D eigenvalue weighted by atomic mass is 32.1. The molecule has 0 aliphatic heterocycles. The quantitative estimate of drug-likeness (QED) is 0.862. The number of benzene rings is 1. The van der Waals surface area contributed by atoms with Crippen molar-refractivity contribution < 1.29 is 19.0 Å². The molecule has 112 valence electrons. The molecule has 1 heterocycles. The molecule has 0 saturated carbocycles. The van der Waals surface area contributed by atoms with Crippen molar-refractivity contribution in [2.45, 2.75) is 19.1 Å². The topological polar surface area (TPSA) is 58.6 Å². The third-order valence-electron chi connectivity index (χ3n) is 2.88. The summed E-state index contributed by atoms with van der Waals surface area (Å²) in [6.07, 6.45) is -1.52. The van der Waals surface area contributed by atoms with Crippen LogP contribution in [0.5, 0.6) is 5.75 Å². The molecule has 2 rings (SSSR count). The van der Waals surface area contributed by atoms with Gasteiger partial charge >= 0.3 is 0 Å². The van der Waals surface area contributed by atoms with Crippen LogP contribution in [0.25, 0.3) is 0 Å². The van der Waals surface area contributed by atoms with E-state index < -0.39 is 18.0 Å². The van der Waals surface area contributed by atoms with E-state index in [0.29, 0.717) is 0 Å². The molecule has 0 spiro atoms. The van der Waals surface area contributed by atoms with Gasteiger partial charge in [-0.3, -0.25) is 4.79 Å². The second-order valence-corrected chi connectivity index (χ2v) is 5.32. The first-order valence-electron chi connectivity index (χ1n) is 6.46. The molecule has 0 saturated heterocycles. The standard InChI is InChI=1S/C15H16FNO3S/c1-10(20-13-4-2-3-12(16)7-13)15(19)17-8-14(18)11-5-6-21-9-11/h2-7,9-10,14,18H,8H2,1H3,(H,17,19). The van der Waals surface area contributed by atoms with Gasteiger partial charge in [-0.1, -0.05) is 6.07 Å². The van der Waals surface area contributed by atoms with Gasteiger partial charge in [-0.2, -0.15) is 11.3 Å². The average Bonchev–Trinajstić information content (AvgIpc) is 2.98. The Balaban J connectivity index is 1.82. The predicted molar refractivity (Wildman–Crippen MR) is 78.8 cm³/mol. The second-order valence-electron chi connectivity index (χ2n) is 4.54. The van der Waals surface area contributed by atoms with Gasteiger partial charge in [0.2, 0.25) is 0 Å². The maximum absolute atomic E-state index is 13.0. The Bertz CT molecular complexity index is 588. The van der Waals surface area contributed by atoms with Crippen molar-refractivity contribution in [2.24, 2.45) is 0 Å². The molecule has 0 aliphatic carbocycles. The van der Waals surface area contributed by atoms with Gasteiger partial charge < -0.3 is 15.2 Å². The number of amides is 1. The lowest BCUT2D eigenvalue weighted by molar-refractivity contribution is -0.127. The van der Waals surface area contributed by atoms with E-state index in [4.69, 9.17) is 4.74 Å². The van der Waals surface area contributed by atoms with Crippen LogP contribution in [0.4, 0.5) is 4.39 Å². The minimum atomic E-state index is -0.776. The number of carbonyl (C=O) groups is 1. The van der Waals surface area contributed by atoms with Crippen LogP contribution in [0, 0.1) is 5.82 Å². The number of hydrogen-bond acceptors (Lipinski definition) is 4. The molecule has 0 radical (unpaired) electrons.